The van der Waals surface area contributed by atoms with E-state index in [4.69, 9.17) is 14.8 Å². The van der Waals surface area contributed by atoms with Crippen molar-refractivity contribution in [3.63, 3.8) is 0 Å². The van der Waals surface area contributed by atoms with Crippen LogP contribution >= 0.6 is 7.82 Å². The van der Waals surface area contributed by atoms with Crippen LogP contribution in [0.2, 0.25) is 0 Å². The highest BCUT2D eigenvalue weighted by Gasteiger charge is 2.26. The Morgan fingerprint density at radius 1 is 0.681 bits per heavy atom. The number of rotatable bonds is 35. The van der Waals surface area contributed by atoms with Crippen LogP contribution in [0.25, 0.3) is 0 Å². The van der Waals surface area contributed by atoms with Gasteiger partial charge in [0.1, 0.15) is 0 Å². The van der Waals surface area contributed by atoms with Crippen molar-refractivity contribution in [3.8, 4) is 0 Å². The van der Waals surface area contributed by atoms with Gasteiger partial charge in [-0.05, 0) is 51.4 Å². The zero-order chi connectivity index (χ0) is 34.7. The standard InChI is InChI=1S/C38H73N2O6P/c1-3-5-7-9-11-13-15-16-17-18-19-20-22-23-25-27-29-31-37(41)36(35-46-47(43,44)45-34-33-39)40-38(42)32-30-28-26-24-21-14-12-10-8-6-4-2/h10,12,22-23,29,31,36-37,41H,3-9,11,13-21,24-28,30,32-35,39H2,1-2H3,(H,40,42)(H,43,44)/b12-10-,23-22+,31-29+. The molecule has 0 aliphatic rings. The van der Waals surface area contributed by atoms with Gasteiger partial charge in [0.15, 0.2) is 0 Å². The Morgan fingerprint density at radius 2 is 1.15 bits per heavy atom. The van der Waals surface area contributed by atoms with Crippen LogP contribution in [-0.2, 0) is 18.4 Å². The first-order chi connectivity index (χ1) is 22.9. The normalized spacial score (nSPS) is 14.7. The Labute approximate surface area is 289 Å². The fraction of sp³-hybridized carbons (Fsp3) is 0.816. The number of phosphoric acid groups is 1. The number of carbonyl (C=O) groups is 1. The third kappa shape index (κ3) is 33.0. The average Bonchev–Trinajstić information content (AvgIpc) is 3.05. The molecule has 0 aliphatic carbocycles. The lowest BCUT2D eigenvalue weighted by molar-refractivity contribution is -0.123. The van der Waals surface area contributed by atoms with E-state index in [9.17, 15) is 19.4 Å². The van der Waals surface area contributed by atoms with Crippen molar-refractivity contribution >= 4 is 13.7 Å². The van der Waals surface area contributed by atoms with Crippen molar-refractivity contribution in [1.29, 1.82) is 0 Å². The zero-order valence-electron chi connectivity index (χ0n) is 30.3. The molecule has 0 heterocycles. The van der Waals surface area contributed by atoms with Crippen LogP contribution in [-0.4, -0.2) is 47.8 Å². The summed E-state index contributed by atoms with van der Waals surface area (Å²) in [7, 11) is -4.34. The number of hydrogen-bond donors (Lipinski definition) is 4. The number of nitrogens with two attached hydrogens (primary N) is 1. The molecule has 0 aromatic heterocycles. The Morgan fingerprint density at radius 3 is 1.70 bits per heavy atom. The quantitative estimate of drug-likeness (QED) is 0.0297. The maximum Gasteiger partial charge on any atom is 0.472 e. The topological polar surface area (TPSA) is 131 Å². The van der Waals surface area contributed by atoms with Crippen LogP contribution in [0.4, 0.5) is 0 Å². The lowest BCUT2D eigenvalue weighted by Gasteiger charge is -2.23. The van der Waals surface area contributed by atoms with Gasteiger partial charge in [0, 0.05) is 13.0 Å². The summed E-state index contributed by atoms with van der Waals surface area (Å²) >= 11 is 0. The number of nitrogens with one attached hydrogen (secondary N) is 1. The summed E-state index contributed by atoms with van der Waals surface area (Å²) in [6, 6.07) is -0.878. The molecule has 0 fully saturated rings. The molecule has 9 heteroatoms. The minimum atomic E-state index is -4.34. The third-order valence-corrected chi connectivity index (χ3v) is 9.17. The van der Waals surface area contributed by atoms with Crippen LogP contribution in [0.5, 0.6) is 0 Å². The van der Waals surface area contributed by atoms with Crippen molar-refractivity contribution in [3.05, 3.63) is 36.5 Å². The lowest BCUT2D eigenvalue weighted by Crippen LogP contribution is -2.45. The second-order valence-corrected chi connectivity index (χ2v) is 14.2. The number of amides is 1. The molecule has 8 nitrogen and oxygen atoms in total. The minimum Gasteiger partial charge on any atom is -0.387 e. The van der Waals surface area contributed by atoms with Crippen molar-refractivity contribution in [2.45, 2.75) is 180 Å². The second-order valence-electron chi connectivity index (χ2n) is 12.8. The minimum absolute atomic E-state index is 0.0723. The summed E-state index contributed by atoms with van der Waals surface area (Å²) in [6.07, 6.45) is 39.1. The SMILES string of the molecule is CCCC/C=C\CCCCCCCC(=O)NC(COP(=O)(O)OCCN)C(O)/C=C/CC/C=C/CCCCCCCCCCCCC. The zero-order valence-corrected chi connectivity index (χ0v) is 31.2. The molecule has 1 amide bonds. The summed E-state index contributed by atoms with van der Waals surface area (Å²) in [6.45, 7) is 4.05. The molecule has 0 radical (unpaired) electrons. The van der Waals surface area contributed by atoms with Gasteiger partial charge in [-0.15, -0.1) is 0 Å². The van der Waals surface area contributed by atoms with Crippen LogP contribution < -0.4 is 11.1 Å². The average molecular weight is 685 g/mol. The summed E-state index contributed by atoms with van der Waals surface area (Å²) in [5, 5.41) is 13.6. The maximum absolute atomic E-state index is 12.6. The molecule has 0 spiro atoms. The smallest absolute Gasteiger partial charge is 0.387 e. The number of phosphoric ester groups is 1. The molecule has 0 aliphatic heterocycles. The largest absolute Gasteiger partial charge is 0.472 e. The highest BCUT2D eigenvalue weighted by Crippen LogP contribution is 2.43. The van der Waals surface area contributed by atoms with Crippen molar-refractivity contribution in [2.24, 2.45) is 5.73 Å². The van der Waals surface area contributed by atoms with Gasteiger partial charge in [0.05, 0.1) is 25.4 Å². The molecule has 0 rings (SSSR count). The van der Waals surface area contributed by atoms with Gasteiger partial charge < -0.3 is 21.1 Å². The van der Waals surface area contributed by atoms with E-state index in [1.807, 2.05) is 6.08 Å². The summed E-state index contributed by atoms with van der Waals surface area (Å²) in [4.78, 5) is 22.5. The molecule has 3 atom stereocenters. The van der Waals surface area contributed by atoms with E-state index < -0.39 is 20.0 Å². The Balaban J connectivity index is 4.36. The molecule has 47 heavy (non-hydrogen) atoms. The summed E-state index contributed by atoms with van der Waals surface area (Å²) in [5.41, 5.74) is 5.35. The van der Waals surface area contributed by atoms with E-state index in [-0.39, 0.29) is 25.7 Å². The molecule has 0 aromatic carbocycles. The van der Waals surface area contributed by atoms with Gasteiger partial charge in [0.2, 0.25) is 5.91 Å². The molecule has 0 saturated heterocycles. The number of hydrogen-bond acceptors (Lipinski definition) is 6. The first-order valence-corrected chi connectivity index (χ1v) is 20.6. The van der Waals surface area contributed by atoms with E-state index in [1.54, 1.807) is 6.08 Å². The predicted octanol–water partition coefficient (Wildman–Crippen LogP) is 10.00. The molecule has 3 unspecified atom stereocenters. The van der Waals surface area contributed by atoms with Gasteiger partial charge in [-0.25, -0.2) is 4.57 Å². The van der Waals surface area contributed by atoms with E-state index >= 15 is 0 Å². The van der Waals surface area contributed by atoms with E-state index in [1.165, 1.54) is 83.5 Å². The van der Waals surface area contributed by atoms with Gasteiger partial charge in [-0.2, -0.15) is 0 Å². The van der Waals surface area contributed by atoms with Crippen molar-refractivity contribution in [2.75, 3.05) is 19.8 Å². The number of unbranched alkanes of at least 4 members (excludes halogenated alkanes) is 19. The predicted molar refractivity (Wildman–Crippen MR) is 198 cm³/mol. The summed E-state index contributed by atoms with van der Waals surface area (Å²) < 4.78 is 22.0. The highest BCUT2D eigenvalue weighted by atomic mass is 31.2. The fourth-order valence-electron chi connectivity index (χ4n) is 5.24. The van der Waals surface area contributed by atoms with E-state index in [2.05, 4.69) is 43.5 Å². The van der Waals surface area contributed by atoms with Crippen molar-refractivity contribution < 1.29 is 28.4 Å². The third-order valence-electron chi connectivity index (χ3n) is 8.19. The van der Waals surface area contributed by atoms with E-state index in [0.29, 0.717) is 6.42 Å². The molecular formula is C38H73N2O6P. The van der Waals surface area contributed by atoms with Crippen LogP contribution in [0.1, 0.15) is 168 Å². The van der Waals surface area contributed by atoms with Gasteiger partial charge in [0.25, 0.3) is 0 Å². The van der Waals surface area contributed by atoms with Gasteiger partial charge in [-0.1, -0.05) is 147 Å². The lowest BCUT2D eigenvalue weighted by atomic mass is 10.1. The maximum atomic E-state index is 12.6. The number of carbonyl (C=O) groups excluding carboxylic acids is 1. The molecular weight excluding hydrogens is 611 g/mol. The van der Waals surface area contributed by atoms with Crippen LogP contribution in [0.15, 0.2) is 36.5 Å². The summed E-state index contributed by atoms with van der Waals surface area (Å²) in [5.74, 6) is -0.217. The van der Waals surface area contributed by atoms with Crippen molar-refractivity contribution in [1.82, 2.24) is 5.32 Å². The highest BCUT2D eigenvalue weighted by molar-refractivity contribution is 7.47. The van der Waals surface area contributed by atoms with Crippen LogP contribution in [0, 0.1) is 0 Å². The Bertz CT molecular complexity index is 835. The molecule has 0 bridgehead atoms. The number of aliphatic hydroxyl groups is 1. The first-order valence-electron chi connectivity index (χ1n) is 19.1. The first kappa shape index (κ1) is 45.7. The fourth-order valence-corrected chi connectivity index (χ4v) is 6.00. The Kier molecular flexibility index (Phi) is 33.6. The number of aliphatic hydroxyl groups excluding tert-OH is 1. The van der Waals surface area contributed by atoms with E-state index in [0.717, 1.165) is 64.2 Å². The second kappa shape index (κ2) is 34.6. The molecule has 0 aromatic rings. The molecule has 276 valence electrons. The molecule has 0 saturated carbocycles. The van der Waals surface area contributed by atoms with Crippen LogP contribution in [0.3, 0.4) is 0 Å². The Hall–Kier alpha value is -1.28. The van der Waals surface area contributed by atoms with Gasteiger partial charge >= 0.3 is 7.82 Å². The molecule has 5 N–H and O–H groups in total. The van der Waals surface area contributed by atoms with Gasteiger partial charge in [-0.3, -0.25) is 13.8 Å². The number of allylic oxidation sites excluding steroid dienone is 5. The monoisotopic (exact) mass is 685 g/mol.